The summed E-state index contributed by atoms with van der Waals surface area (Å²) in [6.07, 6.45) is 0. The maximum atomic E-state index is 14.0. The third kappa shape index (κ3) is 2.96. The summed E-state index contributed by atoms with van der Waals surface area (Å²) in [4.78, 5) is 1.69. The summed E-state index contributed by atoms with van der Waals surface area (Å²) in [5.74, 6) is -1.70. The average molecular weight is 276 g/mol. The Morgan fingerprint density at radius 1 is 1.10 bits per heavy atom. The minimum Gasteiger partial charge on any atom is -0.368 e. The number of hydrogen-bond acceptors (Lipinski definition) is 2. The van der Waals surface area contributed by atoms with Crippen molar-refractivity contribution in [2.75, 3.05) is 11.9 Å². The van der Waals surface area contributed by atoms with E-state index >= 15 is 0 Å². The molecule has 4 heteroatoms. The molecule has 2 rings (SSSR count). The Labute approximate surface area is 117 Å². The zero-order valence-electron chi connectivity index (χ0n) is 11.7. The molecule has 2 nitrogen and oxygen atoms in total. The van der Waals surface area contributed by atoms with E-state index < -0.39 is 11.6 Å². The second-order valence-corrected chi connectivity index (χ2v) is 4.92. The molecular formula is C16H18F2N2. The van der Waals surface area contributed by atoms with Crippen molar-refractivity contribution < 1.29 is 8.78 Å². The monoisotopic (exact) mass is 276 g/mol. The summed E-state index contributed by atoms with van der Waals surface area (Å²) in [6, 6.07) is 11.0. The predicted octanol–water partition coefficient (Wildman–Crippen LogP) is 3.37. The first-order chi connectivity index (χ1) is 9.52. The van der Waals surface area contributed by atoms with Gasteiger partial charge in [-0.3, -0.25) is 0 Å². The Balaban J connectivity index is 2.25. The van der Waals surface area contributed by atoms with Gasteiger partial charge >= 0.3 is 0 Å². The predicted molar refractivity (Wildman–Crippen MR) is 77.5 cm³/mol. The Hall–Kier alpha value is -1.94. The lowest BCUT2D eigenvalue weighted by atomic mass is 10.1. The quantitative estimate of drug-likeness (QED) is 0.927. The molecule has 0 aliphatic heterocycles. The van der Waals surface area contributed by atoms with Gasteiger partial charge in [0.1, 0.15) is 0 Å². The number of hydrogen-bond donors (Lipinski definition) is 1. The molecule has 0 aromatic heterocycles. The highest BCUT2D eigenvalue weighted by atomic mass is 19.2. The van der Waals surface area contributed by atoms with Crippen LogP contribution in [0.2, 0.25) is 0 Å². The smallest absolute Gasteiger partial charge is 0.182 e. The van der Waals surface area contributed by atoms with Crippen molar-refractivity contribution >= 4 is 5.69 Å². The molecule has 2 N–H and O–H groups in total. The maximum Gasteiger partial charge on any atom is 0.182 e. The molecular weight excluding hydrogens is 258 g/mol. The Kier molecular flexibility index (Phi) is 4.35. The van der Waals surface area contributed by atoms with E-state index in [1.165, 1.54) is 6.07 Å². The van der Waals surface area contributed by atoms with Crippen LogP contribution in [-0.4, -0.2) is 7.05 Å². The van der Waals surface area contributed by atoms with Gasteiger partial charge < -0.3 is 10.6 Å². The van der Waals surface area contributed by atoms with Crippen molar-refractivity contribution in [3.63, 3.8) is 0 Å². The number of anilines is 1. The minimum absolute atomic E-state index is 0.00930. The van der Waals surface area contributed by atoms with Crippen molar-refractivity contribution in [3.8, 4) is 0 Å². The van der Waals surface area contributed by atoms with E-state index in [1.54, 1.807) is 18.0 Å². The number of nitrogens with two attached hydrogens (primary N) is 1. The lowest BCUT2D eigenvalue weighted by molar-refractivity contribution is 0.498. The average Bonchev–Trinajstić information content (AvgIpc) is 2.41. The third-order valence-electron chi connectivity index (χ3n) is 3.28. The molecule has 0 aliphatic carbocycles. The van der Waals surface area contributed by atoms with Gasteiger partial charge in [0, 0.05) is 25.7 Å². The topological polar surface area (TPSA) is 29.3 Å². The molecule has 0 unspecified atom stereocenters. The molecule has 0 radical (unpaired) electrons. The second-order valence-electron chi connectivity index (χ2n) is 4.92. The van der Waals surface area contributed by atoms with Crippen LogP contribution in [0.25, 0.3) is 0 Å². The summed E-state index contributed by atoms with van der Waals surface area (Å²) >= 11 is 0. The van der Waals surface area contributed by atoms with Crippen LogP contribution in [0.15, 0.2) is 36.4 Å². The van der Waals surface area contributed by atoms with Gasteiger partial charge in [-0.1, -0.05) is 35.9 Å². The summed E-state index contributed by atoms with van der Waals surface area (Å²) in [6.45, 7) is 2.50. The van der Waals surface area contributed by atoms with Crippen molar-refractivity contribution in [2.45, 2.75) is 20.0 Å². The molecule has 0 fully saturated rings. The molecule has 2 aromatic carbocycles. The summed E-state index contributed by atoms with van der Waals surface area (Å²) in [5.41, 5.74) is 7.98. The van der Waals surface area contributed by atoms with Crippen molar-refractivity contribution in [1.29, 1.82) is 0 Å². The Morgan fingerprint density at radius 3 is 2.50 bits per heavy atom. The van der Waals surface area contributed by atoms with Crippen LogP contribution < -0.4 is 10.6 Å². The van der Waals surface area contributed by atoms with Gasteiger partial charge in [-0.15, -0.1) is 0 Å². The number of nitrogens with zero attached hydrogens (tertiary/aromatic N) is 1. The number of aryl methyl sites for hydroxylation is 1. The number of halogens is 2. The van der Waals surface area contributed by atoms with E-state index in [0.29, 0.717) is 6.54 Å². The molecule has 20 heavy (non-hydrogen) atoms. The molecule has 0 bridgehead atoms. The summed E-state index contributed by atoms with van der Waals surface area (Å²) in [7, 11) is 1.74. The van der Waals surface area contributed by atoms with E-state index in [1.807, 2.05) is 31.2 Å². The molecule has 0 aliphatic rings. The van der Waals surface area contributed by atoms with E-state index in [2.05, 4.69) is 0 Å². The fourth-order valence-corrected chi connectivity index (χ4v) is 2.20. The van der Waals surface area contributed by atoms with Gasteiger partial charge in [-0.25, -0.2) is 8.78 Å². The number of rotatable bonds is 4. The standard InChI is InChI=1S/C16H18F2N2/c1-11-4-3-5-12(8-11)10-20(2)14-7-6-13(9-19)15(17)16(14)18/h3-8H,9-10,19H2,1-2H3. The van der Waals surface area contributed by atoms with Gasteiger partial charge in [-0.2, -0.15) is 0 Å². The first-order valence-corrected chi connectivity index (χ1v) is 6.46. The Bertz CT molecular complexity index is 611. The van der Waals surface area contributed by atoms with Crippen LogP contribution in [-0.2, 0) is 13.1 Å². The maximum absolute atomic E-state index is 14.0. The van der Waals surface area contributed by atoms with E-state index in [-0.39, 0.29) is 17.8 Å². The van der Waals surface area contributed by atoms with E-state index in [9.17, 15) is 8.78 Å². The highest BCUT2D eigenvalue weighted by molar-refractivity contribution is 5.49. The molecule has 0 amide bonds. The highest BCUT2D eigenvalue weighted by Gasteiger charge is 2.15. The largest absolute Gasteiger partial charge is 0.368 e. The zero-order chi connectivity index (χ0) is 14.7. The van der Waals surface area contributed by atoms with Crippen LogP contribution in [0.3, 0.4) is 0 Å². The zero-order valence-corrected chi connectivity index (χ0v) is 11.7. The minimum atomic E-state index is -0.860. The molecule has 0 atom stereocenters. The van der Waals surface area contributed by atoms with Gasteiger partial charge in [0.05, 0.1) is 5.69 Å². The Morgan fingerprint density at radius 2 is 1.85 bits per heavy atom. The summed E-state index contributed by atoms with van der Waals surface area (Å²) in [5, 5.41) is 0. The van der Waals surface area contributed by atoms with Crippen molar-refractivity contribution in [1.82, 2.24) is 0 Å². The first kappa shape index (κ1) is 14.5. The van der Waals surface area contributed by atoms with Crippen LogP contribution in [0.5, 0.6) is 0 Å². The fraction of sp³-hybridized carbons (Fsp3) is 0.250. The SMILES string of the molecule is Cc1cccc(CN(C)c2ccc(CN)c(F)c2F)c1. The normalized spacial score (nSPS) is 10.7. The van der Waals surface area contributed by atoms with Crippen molar-refractivity contribution in [2.24, 2.45) is 5.73 Å². The fourth-order valence-electron chi connectivity index (χ4n) is 2.20. The highest BCUT2D eigenvalue weighted by Crippen LogP contribution is 2.24. The molecule has 106 valence electrons. The molecule has 2 aromatic rings. The second kappa shape index (κ2) is 6.01. The lowest BCUT2D eigenvalue weighted by Gasteiger charge is -2.21. The van der Waals surface area contributed by atoms with Crippen LogP contribution in [0.1, 0.15) is 16.7 Å². The van der Waals surface area contributed by atoms with Crippen LogP contribution >= 0.6 is 0 Å². The summed E-state index contributed by atoms with van der Waals surface area (Å²) < 4.78 is 27.8. The molecule has 0 heterocycles. The van der Waals surface area contributed by atoms with Gasteiger partial charge in [0.2, 0.25) is 0 Å². The first-order valence-electron chi connectivity index (χ1n) is 6.46. The van der Waals surface area contributed by atoms with Gasteiger partial charge in [-0.05, 0) is 18.6 Å². The molecule has 0 saturated carbocycles. The third-order valence-corrected chi connectivity index (χ3v) is 3.28. The van der Waals surface area contributed by atoms with Crippen molar-refractivity contribution in [3.05, 3.63) is 64.7 Å². The van der Waals surface area contributed by atoms with Gasteiger partial charge in [0.15, 0.2) is 11.6 Å². The van der Waals surface area contributed by atoms with Crippen LogP contribution in [0, 0.1) is 18.6 Å². The van der Waals surface area contributed by atoms with E-state index in [4.69, 9.17) is 5.73 Å². The molecule has 0 saturated heterocycles. The van der Waals surface area contributed by atoms with E-state index in [0.717, 1.165) is 11.1 Å². The lowest BCUT2D eigenvalue weighted by Crippen LogP contribution is -2.19. The molecule has 0 spiro atoms. The number of benzene rings is 2. The van der Waals surface area contributed by atoms with Gasteiger partial charge in [0.25, 0.3) is 0 Å². The van der Waals surface area contributed by atoms with Crippen LogP contribution in [0.4, 0.5) is 14.5 Å².